The molecule has 5 heteroatoms. The number of carbonyl (C=O) groups excluding carboxylic acids is 1. The maximum absolute atomic E-state index is 11.8. The molecule has 5 nitrogen and oxygen atoms in total. The first kappa shape index (κ1) is 13.5. The lowest BCUT2D eigenvalue weighted by atomic mass is 10.1. The normalized spacial score (nSPS) is 16.3. The van der Waals surface area contributed by atoms with Crippen molar-refractivity contribution in [3.63, 3.8) is 0 Å². The van der Waals surface area contributed by atoms with Crippen LogP contribution in [0.2, 0.25) is 0 Å². The Bertz CT molecular complexity index is 439. The first-order valence-electron chi connectivity index (χ1n) is 6.35. The monoisotopic (exact) mass is 262 g/mol. The van der Waals surface area contributed by atoms with E-state index in [-0.39, 0.29) is 12.5 Å². The lowest BCUT2D eigenvalue weighted by Gasteiger charge is -2.26. The molecule has 0 unspecified atom stereocenters. The molecule has 0 saturated carbocycles. The fraction of sp³-hybridized carbons (Fsp3) is 0.429. The van der Waals surface area contributed by atoms with Crippen molar-refractivity contribution in [1.82, 2.24) is 4.90 Å². The van der Waals surface area contributed by atoms with Crippen molar-refractivity contribution >= 4 is 11.6 Å². The van der Waals surface area contributed by atoms with Crippen LogP contribution in [0.5, 0.6) is 0 Å². The molecule has 102 valence electrons. The van der Waals surface area contributed by atoms with Crippen LogP contribution in [-0.4, -0.2) is 49.4 Å². The molecule has 1 heterocycles. The fourth-order valence-electron chi connectivity index (χ4n) is 1.82. The number of carbonyl (C=O) groups is 1. The van der Waals surface area contributed by atoms with Crippen LogP contribution in [-0.2, 0) is 14.4 Å². The number of morpholine rings is 1. The maximum Gasteiger partial charge on any atom is 0.263 e. The summed E-state index contributed by atoms with van der Waals surface area (Å²) in [6, 6.07) is 9.72. The number of rotatable bonds is 4. The Morgan fingerprint density at radius 2 is 2.00 bits per heavy atom. The van der Waals surface area contributed by atoms with Gasteiger partial charge in [-0.25, -0.2) is 0 Å². The van der Waals surface area contributed by atoms with E-state index in [9.17, 15) is 4.79 Å². The summed E-state index contributed by atoms with van der Waals surface area (Å²) in [7, 11) is 0. The van der Waals surface area contributed by atoms with Crippen molar-refractivity contribution in [3.05, 3.63) is 35.9 Å². The molecule has 0 radical (unpaired) electrons. The number of benzene rings is 1. The second-order valence-corrected chi connectivity index (χ2v) is 4.31. The summed E-state index contributed by atoms with van der Waals surface area (Å²) >= 11 is 0. The lowest BCUT2D eigenvalue weighted by molar-refractivity contribution is -0.140. The molecule has 1 fully saturated rings. The molecule has 0 bridgehead atoms. The van der Waals surface area contributed by atoms with Crippen molar-refractivity contribution in [2.75, 3.05) is 32.9 Å². The third-order valence-corrected chi connectivity index (χ3v) is 2.94. The van der Waals surface area contributed by atoms with Crippen LogP contribution in [0.4, 0.5) is 0 Å². The van der Waals surface area contributed by atoms with Crippen LogP contribution >= 0.6 is 0 Å². The van der Waals surface area contributed by atoms with Gasteiger partial charge >= 0.3 is 0 Å². The smallest absolute Gasteiger partial charge is 0.263 e. The van der Waals surface area contributed by atoms with Crippen molar-refractivity contribution in [2.24, 2.45) is 5.16 Å². The summed E-state index contributed by atoms with van der Waals surface area (Å²) in [5.41, 5.74) is 1.75. The zero-order valence-electron chi connectivity index (χ0n) is 11.0. The van der Waals surface area contributed by atoms with Gasteiger partial charge in [0.1, 0.15) is 0 Å². The summed E-state index contributed by atoms with van der Waals surface area (Å²) in [6.07, 6.45) is 0. The molecule has 0 N–H and O–H groups in total. The van der Waals surface area contributed by atoms with Gasteiger partial charge in [0, 0.05) is 13.1 Å². The van der Waals surface area contributed by atoms with E-state index in [4.69, 9.17) is 9.57 Å². The van der Waals surface area contributed by atoms with Crippen LogP contribution in [0, 0.1) is 0 Å². The van der Waals surface area contributed by atoms with Gasteiger partial charge in [-0.05, 0) is 12.5 Å². The van der Waals surface area contributed by atoms with E-state index in [1.807, 2.05) is 37.3 Å². The van der Waals surface area contributed by atoms with E-state index >= 15 is 0 Å². The molecule has 0 aliphatic carbocycles. The minimum atomic E-state index is -0.0482. The number of ether oxygens (including phenoxy) is 1. The minimum Gasteiger partial charge on any atom is -0.385 e. The molecule has 1 saturated heterocycles. The average molecular weight is 262 g/mol. The Morgan fingerprint density at radius 1 is 1.32 bits per heavy atom. The van der Waals surface area contributed by atoms with E-state index in [1.54, 1.807) is 4.90 Å². The molecular weight excluding hydrogens is 244 g/mol. The average Bonchev–Trinajstić information content (AvgIpc) is 2.49. The molecule has 19 heavy (non-hydrogen) atoms. The van der Waals surface area contributed by atoms with Gasteiger partial charge in [0.05, 0.1) is 18.9 Å². The molecule has 1 aliphatic rings. The Hall–Kier alpha value is -1.88. The second kappa shape index (κ2) is 6.89. The number of nitrogens with zero attached hydrogens (tertiary/aromatic N) is 2. The molecule has 1 aromatic carbocycles. The van der Waals surface area contributed by atoms with Gasteiger partial charge < -0.3 is 14.5 Å². The van der Waals surface area contributed by atoms with Crippen LogP contribution in [0.25, 0.3) is 0 Å². The van der Waals surface area contributed by atoms with E-state index < -0.39 is 0 Å². The predicted molar refractivity (Wildman–Crippen MR) is 72.0 cm³/mol. The highest BCUT2D eigenvalue weighted by Gasteiger charge is 2.16. The van der Waals surface area contributed by atoms with Crippen LogP contribution < -0.4 is 0 Å². The second-order valence-electron chi connectivity index (χ2n) is 4.31. The standard InChI is InChI=1S/C14H18N2O3/c1-12(13-5-3-2-4-6-13)15-19-11-14(17)16-7-9-18-10-8-16/h2-6H,7-11H2,1H3. The molecule has 0 spiro atoms. The van der Waals surface area contributed by atoms with Crippen LogP contribution in [0.15, 0.2) is 35.5 Å². The van der Waals surface area contributed by atoms with Gasteiger partial charge in [0.2, 0.25) is 0 Å². The Labute approximate surface area is 112 Å². The fourth-order valence-corrected chi connectivity index (χ4v) is 1.82. The van der Waals surface area contributed by atoms with Crippen LogP contribution in [0.1, 0.15) is 12.5 Å². The topological polar surface area (TPSA) is 51.1 Å². The van der Waals surface area contributed by atoms with E-state index in [0.29, 0.717) is 26.3 Å². The maximum atomic E-state index is 11.8. The third-order valence-electron chi connectivity index (χ3n) is 2.94. The molecule has 1 amide bonds. The summed E-state index contributed by atoms with van der Waals surface area (Å²) < 4.78 is 5.19. The van der Waals surface area contributed by atoms with Crippen molar-refractivity contribution in [1.29, 1.82) is 0 Å². The van der Waals surface area contributed by atoms with Gasteiger partial charge in [-0.2, -0.15) is 0 Å². The Morgan fingerprint density at radius 3 is 2.68 bits per heavy atom. The quantitative estimate of drug-likeness (QED) is 0.607. The Balaban J connectivity index is 1.80. The van der Waals surface area contributed by atoms with Crippen molar-refractivity contribution < 1.29 is 14.4 Å². The zero-order valence-corrected chi connectivity index (χ0v) is 11.0. The molecule has 0 aromatic heterocycles. The SMILES string of the molecule is CC(=NOCC(=O)N1CCOCC1)c1ccccc1. The highest BCUT2D eigenvalue weighted by Crippen LogP contribution is 2.02. The lowest BCUT2D eigenvalue weighted by Crippen LogP contribution is -2.42. The van der Waals surface area contributed by atoms with E-state index in [2.05, 4.69) is 5.16 Å². The van der Waals surface area contributed by atoms with E-state index in [1.165, 1.54) is 0 Å². The number of hydrogen-bond acceptors (Lipinski definition) is 4. The van der Waals surface area contributed by atoms with Crippen molar-refractivity contribution in [3.8, 4) is 0 Å². The van der Waals surface area contributed by atoms with Gasteiger partial charge in [-0.3, -0.25) is 4.79 Å². The summed E-state index contributed by atoms with van der Waals surface area (Å²) in [6.45, 7) is 4.28. The summed E-state index contributed by atoms with van der Waals surface area (Å²) in [4.78, 5) is 18.6. The van der Waals surface area contributed by atoms with Gasteiger partial charge in [-0.15, -0.1) is 0 Å². The number of oxime groups is 1. The first-order valence-corrected chi connectivity index (χ1v) is 6.35. The van der Waals surface area contributed by atoms with Gasteiger partial charge in [-0.1, -0.05) is 35.5 Å². The van der Waals surface area contributed by atoms with Crippen molar-refractivity contribution in [2.45, 2.75) is 6.92 Å². The summed E-state index contributed by atoms with van der Waals surface area (Å²) in [5, 5.41) is 3.97. The Kier molecular flexibility index (Phi) is 4.92. The molecule has 0 atom stereocenters. The number of hydrogen-bond donors (Lipinski definition) is 0. The predicted octanol–water partition coefficient (Wildman–Crippen LogP) is 1.29. The highest BCUT2D eigenvalue weighted by molar-refractivity contribution is 5.98. The first-order chi connectivity index (χ1) is 9.27. The highest BCUT2D eigenvalue weighted by atomic mass is 16.6. The van der Waals surface area contributed by atoms with E-state index in [0.717, 1.165) is 11.3 Å². The third kappa shape index (κ3) is 4.06. The summed E-state index contributed by atoms with van der Waals surface area (Å²) in [5.74, 6) is -0.0482. The molecule has 2 rings (SSSR count). The minimum absolute atomic E-state index is 0.0236. The molecule has 1 aliphatic heterocycles. The van der Waals surface area contributed by atoms with Gasteiger partial charge in [0.15, 0.2) is 6.61 Å². The zero-order chi connectivity index (χ0) is 13.5. The largest absolute Gasteiger partial charge is 0.385 e. The molecular formula is C14H18N2O3. The van der Waals surface area contributed by atoms with Gasteiger partial charge in [0.25, 0.3) is 5.91 Å². The number of amides is 1. The molecule has 1 aromatic rings. The van der Waals surface area contributed by atoms with Crippen LogP contribution in [0.3, 0.4) is 0 Å².